The number of carbonyl (C=O) groups excluding carboxylic acids is 1. The number of carboxylic acids is 1. The van der Waals surface area contributed by atoms with Crippen molar-refractivity contribution in [2.24, 2.45) is 0 Å². The molecule has 5 heteroatoms. The summed E-state index contributed by atoms with van der Waals surface area (Å²) < 4.78 is 0. The number of para-hydroxylation sites is 1. The lowest BCUT2D eigenvalue weighted by atomic mass is 10.2. The molecule has 90 valence electrons. The fourth-order valence-electron chi connectivity index (χ4n) is 1.41. The Morgan fingerprint density at radius 2 is 1.83 bits per heavy atom. The number of hydrogen-bond acceptors (Lipinski definition) is 3. The molecule has 0 bridgehead atoms. The van der Waals surface area contributed by atoms with Crippen LogP contribution in [0.25, 0.3) is 0 Å². The van der Waals surface area contributed by atoms with Crippen molar-refractivity contribution in [3.05, 3.63) is 59.9 Å². The van der Waals surface area contributed by atoms with E-state index in [1.165, 1.54) is 18.3 Å². The predicted octanol–water partition coefficient (Wildman–Crippen LogP) is 2.03. The van der Waals surface area contributed by atoms with E-state index in [9.17, 15) is 9.59 Å². The second-order valence-corrected chi connectivity index (χ2v) is 3.56. The van der Waals surface area contributed by atoms with E-state index in [-0.39, 0.29) is 17.2 Å². The van der Waals surface area contributed by atoms with E-state index in [1.54, 1.807) is 24.3 Å². The molecule has 0 radical (unpaired) electrons. The first kappa shape index (κ1) is 11.8. The summed E-state index contributed by atoms with van der Waals surface area (Å²) in [5.41, 5.74) is 0.748. The molecule has 2 aromatic rings. The van der Waals surface area contributed by atoms with Crippen LogP contribution >= 0.6 is 0 Å². The van der Waals surface area contributed by atoms with Crippen LogP contribution in [0.2, 0.25) is 0 Å². The highest BCUT2D eigenvalue weighted by molar-refractivity contribution is 6.05. The Bertz CT molecular complexity index is 582. The Labute approximate surface area is 103 Å². The van der Waals surface area contributed by atoms with Crippen molar-refractivity contribution < 1.29 is 14.7 Å². The molecule has 18 heavy (non-hydrogen) atoms. The number of anilines is 1. The zero-order valence-corrected chi connectivity index (χ0v) is 9.33. The van der Waals surface area contributed by atoms with E-state index in [1.807, 2.05) is 6.07 Å². The fourth-order valence-corrected chi connectivity index (χ4v) is 1.41. The van der Waals surface area contributed by atoms with E-state index in [0.717, 1.165) is 0 Å². The molecule has 0 saturated heterocycles. The van der Waals surface area contributed by atoms with Gasteiger partial charge in [0.05, 0.1) is 0 Å². The normalized spacial score (nSPS) is 9.78. The first-order chi connectivity index (χ1) is 8.66. The molecular weight excluding hydrogens is 232 g/mol. The molecule has 5 nitrogen and oxygen atoms in total. The van der Waals surface area contributed by atoms with Crippen LogP contribution in [0, 0.1) is 0 Å². The number of carboxylic acid groups (broad SMARTS) is 1. The molecule has 2 rings (SSSR count). The van der Waals surface area contributed by atoms with Crippen molar-refractivity contribution in [2.45, 2.75) is 0 Å². The molecule has 1 amide bonds. The van der Waals surface area contributed by atoms with Crippen molar-refractivity contribution in [1.82, 2.24) is 4.98 Å². The second kappa shape index (κ2) is 5.09. The van der Waals surface area contributed by atoms with Gasteiger partial charge in [-0.05, 0) is 24.3 Å². The number of pyridine rings is 1. The summed E-state index contributed by atoms with van der Waals surface area (Å²) in [5, 5.41) is 11.5. The van der Waals surface area contributed by atoms with E-state index in [2.05, 4.69) is 10.3 Å². The van der Waals surface area contributed by atoms with Gasteiger partial charge in [-0.1, -0.05) is 18.2 Å². The predicted molar refractivity (Wildman–Crippen MR) is 65.6 cm³/mol. The Balaban J connectivity index is 2.19. The quantitative estimate of drug-likeness (QED) is 0.863. The molecule has 1 heterocycles. The number of rotatable bonds is 3. The summed E-state index contributed by atoms with van der Waals surface area (Å²) in [7, 11) is 0. The van der Waals surface area contributed by atoms with Crippen molar-refractivity contribution in [2.75, 3.05) is 5.32 Å². The zero-order valence-electron chi connectivity index (χ0n) is 9.33. The maximum absolute atomic E-state index is 11.9. The Morgan fingerprint density at radius 1 is 1.11 bits per heavy atom. The van der Waals surface area contributed by atoms with Crippen molar-refractivity contribution in [3.8, 4) is 0 Å². The molecule has 0 fully saturated rings. The maximum Gasteiger partial charge on any atom is 0.354 e. The van der Waals surface area contributed by atoms with Crippen molar-refractivity contribution in [3.63, 3.8) is 0 Å². The first-order valence-corrected chi connectivity index (χ1v) is 5.22. The van der Waals surface area contributed by atoms with Gasteiger partial charge in [0.1, 0.15) is 5.69 Å². The number of aromatic nitrogens is 1. The highest BCUT2D eigenvalue weighted by Crippen LogP contribution is 2.09. The SMILES string of the molecule is O=C(Nc1ccccc1)c1ccnc(C(=O)O)c1. The van der Waals surface area contributed by atoms with Crippen molar-refractivity contribution >= 4 is 17.6 Å². The summed E-state index contributed by atoms with van der Waals surface area (Å²) in [5.74, 6) is -1.53. The minimum absolute atomic E-state index is 0.157. The molecule has 0 spiro atoms. The number of amides is 1. The molecule has 0 unspecified atom stereocenters. The smallest absolute Gasteiger partial charge is 0.354 e. The fraction of sp³-hybridized carbons (Fsp3) is 0. The molecule has 2 N–H and O–H groups in total. The van der Waals surface area contributed by atoms with Crippen LogP contribution in [0.5, 0.6) is 0 Å². The summed E-state index contributed by atoms with van der Waals surface area (Å²) >= 11 is 0. The third-order valence-electron chi connectivity index (χ3n) is 2.27. The minimum atomic E-state index is -1.16. The van der Waals surface area contributed by atoms with Crippen LogP contribution in [0.4, 0.5) is 5.69 Å². The van der Waals surface area contributed by atoms with Crippen LogP contribution in [0.1, 0.15) is 20.8 Å². The molecule has 0 aliphatic heterocycles. The van der Waals surface area contributed by atoms with Gasteiger partial charge in [-0.25, -0.2) is 9.78 Å². The van der Waals surface area contributed by atoms with Crippen molar-refractivity contribution in [1.29, 1.82) is 0 Å². The van der Waals surface area contributed by atoms with Crippen LogP contribution in [-0.2, 0) is 0 Å². The highest BCUT2D eigenvalue weighted by atomic mass is 16.4. The number of nitrogens with zero attached hydrogens (tertiary/aromatic N) is 1. The summed E-state index contributed by atoms with van der Waals surface area (Å²) in [6.45, 7) is 0. The van der Waals surface area contributed by atoms with E-state index in [0.29, 0.717) is 5.69 Å². The second-order valence-electron chi connectivity index (χ2n) is 3.56. The Hall–Kier alpha value is -2.69. The van der Waals surface area contributed by atoms with Gasteiger partial charge in [0.15, 0.2) is 0 Å². The van der Waals surface area contributed by atoms with Gasteiger partial charge in [0.25, 0.3) is 5.91 Å². The van der Waals surface area contributed by atoms with Crippen LogP contribution in [-0.4, -0.2) is 22.0 Å². The minimum Gasteiger partial charge on any atom is -0.477 e. The molecular formula is C13H10N2O3. The molecule has 0 saturated carbocycles. The standard InChI is InChI=1S/C13H10N2O3/c16-12(15-10-4-2-1-3-5-10)9-6-7-14-11(8-9)13(17)18/h1-8H,(H,15,16)(H,17,18). The monoisotopic (exact) mass is 242 g/mol. The van der Waals surface area contributed by atoms with Gasteiger partial charge < -0.3 is 10.4 Å². The van der Waals surface area contributed by atoms with Crippen LogP contribution in [0.15, 0.2) is 48.7 Å². The van der Waals surface area contributed by atoms with Gasteiger partial charge in [-0.15, -0.1) is 0 Å². The largest absolute Gasteiger partial charge is 0.477 e. The van der Waals surface area contributed by atoms with Gasteiger partial charge in [-0.3, -0.25) is 4.79 Å². The van der Waals surface area contributed by atoms with Crippen LogP contribution in [0.3, 0.4) is 0 Å². The maximum atomic E-state index is 11.9. The number of hydrogen-bond donors (Lipinski definition) is 2. The Kier molecular flexibility index (Phi) is 3.33. The Morgan fingerprint density at radius 3 is 2.50 bits per heavy atom. The van der Waals surface area contributed by atoms with Gasteiger partial charge in [0.2, 0.25) is 0 Å². The average Bonchev–Trinajstić information content (AvgIpc) is 2.40. The summed E-state index contributed by atoms with van der Waals surface area (Å²) in [6.07, 6.45) is 1.30. The number of aromatic carboxylic acids is 1. The summed E-state index contributed by atoms with van der Waals surface area (Å²) in [6, 6.07) is 11.6. The van der Waals surface area contributed by atoms with E-state index in [4.69, 9.17) is 5.11 Å². The van der Waals surface area contributed by atoms with Gasteiger partial charge in [-0.2, -0.15) is 0 Å². The molecule has 0 atom stereocenters. The lowest BCUT2D eigenvalue weighted by Gasteiger charge is -2.05. The first-order valence-electron chi connectivity index (χ1n) is 5.22. The van der Waals surface area contributed by atoms with E-state index >= 15 is 0 Å². The highest BCUT2D eigenvalue weighted by Gasteiger charge is 2.10. The lowest BCUT2D eigenvalue weighted by molar-refractivity contribution is 0.0690. The third-order valence-corrected chi connectivity index (χ3v) is 2.27. The number of nitrogens with one attached hydrogen (secondary N) is 1. The molecule has 0 aliphatic carbocycles. The summed E-state index contributed by atoms with van der Waals surface area (Å²) in [4.78, 5) is 26.2. The molecule has 1 aromatic carbocycles. The molecule has 1 aromatic heterocycles. The van der Waals surface area contributed by atoms with Gasteiger partial charge in [0, 0.05) is 17.4 Å². The van der Waals surface area contributed by atoms with E-state index < -0.39 is 5.97 Å². The van der Waals surface area contributed by atoms with Gasteiger partial charge >= 0.3 is 5.97 Å². The third kappa shape index (κ3) is 2.70. The number of benzene rings is 1. The zero-order chi connectivity index (χ0) is 13.0. The topological polar surface area (TPSA) is 79.3 Å². The lowest BCUT2D eigenvalue weighted by Crippen LogP contribution is -2.13. The van der Waals surface area contributed by atoms with Crippen LogP contribution < -0.4 is 5.32 Å². The number of carbonyl (C=O) groups is 2. The molecule has 0 aliphatic rings. The average molecular weight is 242 g/mol.